The van der Waals surface area contributed by atoms with E-state index in [-0.39, 0.29) is 23.5 Å². The highest BCUT2D eigenvalue weighted by molar-refractivity contribution is 7.99. The van der Waals surface area contributed by atoms with E-state index < -0.39 is 0 Å². The Balaban J connectivity index is 1.35. The second-order valence-electron chi connectivity index (χ2n) is 8.41. The molecule has 1 saturated heterocycles. The molecule has 1 unspecified atom stereocenters. The van der Waals surface area contributed by atoms with Gasteiger partial charge in [0.25, 0.3) is 0 Å². The Morgan fingerprint density at radius 1 is 1.21 bits per heavy atom. The van der Waals surface area contributed by atoms with Gasteiger partial charge in [0.2, 0.25) is 5.91 Å². The Labute approximate surface area is 202 Å². The van der Waals surface area contributed by atoms with Gasteiger partial charge in [0.1, 0.15) is 5.75 Å². The first-order valence-corrected chi connectivity index (χ1v) is 12.4. The molecule has 3 aromatic rings. The molecule has 1 N–H and O–H groups in total. The van der Waals surface area contributed by atoms with Gasteiger partial charge >= 0.3 is 0 Å². The number of hydrogen-bond acceptors (Lipinski definition) is 7. The summed E-state index contributed by atoms with van der Waals surface area (Å²) in [6, 6.07) is 13.2. The number of rotatable bonds is 8. The molecule has 1 amide bonds. The second kappa shape index (κ2) is 9.99. The number of nitrogens with one attached hydrogen (secondary N) is 1. The van der Waals surface area contributed by atoms with Crippen molar-refractivity contribution >= 4 is 29.1 Å². The van der Waals surface area contributed by atoms with Gasteiger partial charge < -0.3 is 14.8 Å². The summed E-state index contributed by atoms with van der Waals surface area (Å²) in [5.41, 5.74) is 3.36. The van der Waals surface area contributed by atoms with Gasteiger partial charge in [0, 0.05) is 29.8 Å². The minimum absolute atomic E-state index is 0.0142. The van der Waals surface area contributed by atoms with Gasteiger partial charge in [-0.3, -0.25) is 14.2 Å². The number of benzene rings is 2. The molecule has 1 aromatic heterocycles. The van der Waals surface area contributed by atoms with Gasteiger partial charge in [0.05, 0.1) is 25.5 Å². The maximum absolute atomic E-state index is 13.0. The zero-order chi connectivity index (χ0) is 23.5. The first kappa shape index (κ1) is 22.6. The lowest BCUT2D eigenvalue weighted by molar-refractivity contribution is -0.116. The van der Waals surface area contributed by atoms with E-state index in [4.69, 9.17) is 9.47 Å². The maximum Gasteiger partial charge on any atom is 0.224 e. The molecule has 0 spiro atoms. The maximum atomic E-state index is 13.0. The van der Waals surface area contributed by atoms with Crippen LogP contribution in [0.1, 0.15) is 35.2 Å². The Hall–Kier alpha value is -3.17. The molecule has 8 nitrogen and oxygen atoms in total. The van der Waals surface area contributed by atoms with Crippen LogP contribution in [0.15, 0.2) is 47.6 Å². The van der Waals surface area contributed by atoms with Crippen LogP contribution in [0.25, 0.3) is 11.4 Å². The van der Waals surface area contributed by atoms with Crippen molar-refractivity contribution in [3.63, 3.8) is 0 Å². The molecule has 1 fully saturated rings. The zero-order valence-electron chi connectivity index (χ0n) is 19.0. The van der Waals surface area contributed by atoms with E-state index in [9.17, 15) is 9.59 Å². The summed E-state index contributed by atoms with van der Waals surface area (Å²) in [7, 11) is 1.64. The first-order chi connectivity index (χ1) is 16.6. The summed E-state index contributed by atoms with van der Waals surface area (Å²) in [4.78, 5) is 24.6. The molecule has 34 heavy (non-hydrogen) atoms. The van der Waals surface area contributed by atoms with E-state index in [1.165, 1.54) is 11.8 Å². The molecule has 0 saturated carbocycles. The van der Waals surface area contributed by atoms with Crippen LogP contribution >= 0.6 is 11.8 Å². The summed E-state index contributed by atoms with van der Waals surface area (Å²) >= 11 is 1.38. The van der Waals surface area contributed by atoms with Gasteiger partial charge in [0.15, 0.2) is 16.8 Å². The number of amides is 1. The molecule has 9 heteroatoms. The number of hydrogen-bond donors (Lipinski definition) is 1. The third-order valence-corrected chi connectivity index (χ3v) is 7.10. The molecule has 0 radical (unpaired) electrons. The van der Waals surface area contributed by atoms with E-state index in [1.54, 1.807) is 13.2 Å². The standard InChI is InChI=1S/C25H26N4O4S/c1-32-19-8-4-16(5-9-19)24-27-28-25(29(24)14-20-3-2-12-33-20)34-15-22(30)18-6-10-21-17(13-18)7-11-23(31)26-21/h4-6,8-10,13,20H,2-3,7,11-12,14-15H2,1H3,(H,26,31). The van der Waals surface area contributed by atoms with Crippen LogP contribution in [0.4, 0.5) is 5.69 Å². The molecule has 2 aliphatic heterocycles. The highest BCUT2D eigenvalue weighted by Crippen LogP contribution is 2.29. The average Bonchev–Trinajstić information content (AvgIpc) is 3.52. The highest BCUT2D eigenvalue weighted by Gasteiger charge is 2.23. The number of ketones is 1. The van der Waals surface area contributed by atoms with Crippen molar-refractivity contribution in [3.05, 3.63) is 53.6 Å². The minimum Gasteiger partial charge on any atom is -0.497 e. The monoisotopic (exact) mass is 478 g/mol. The number of thioether (sulfide) groups is 1. The summed E-state index contributed by atoms with van der Waals surface area (Å²) in [6.07, 6.45) is 3.24. The number of carbonyl (C=O) groups is 2. The predicted octanol–water partition coefficient (Wildman–Crippen LogP) is 3.99. The summed E-state index contributed by atoms with van der Waals surface area (Å²) in [5, 5.41) is 12.4. The molecular weight excluding hydrogens is 452 g/mol. The largest absolute Gasteiger partial charge is 0.497 e. The number of fused-ring (bicyclic) bond motifs is 1. The van der Waals surface area contributed by atoms with Crippen LogP contribution in [0.5, 0.6) is 5.75 Å². The number of aryl methyl sites for hydroxylation is 1. The van der Waals surface area contributed by atoms with Crippen LogP contribution < -0.4 is 10.1 Å². The highest BCUT2D eigenvalue weighted by atomic mass is 32.2. The van der Waals surface area contributed by atoms with Crippen LogP contribution in [0.2, 0.25) is 0 Å². The van der Waals surface area contributed by atoms with Crippen molar-refractivity contribution in [3.8, 4) is 17.1 Å². The molecule has 2 aliphatic rings. The van der Waals surface area contributed by atoms with Crippen LogP contribution in [0, 0.1) is 0 Å². The van der Waals surface area contributed by atoms with Gasteiger partial charge in [-0.2, -0.15) is 0 Å². The lowest BCUT2D eigenvalue weighted by Gasteiger charge is -2.17. The number of Topliss-reactive ketones (excluding diaryl/α,β-unsaturated/α-hetero) is 1. The summed E-state index contributed by atoms with van der Waals surface area (Å²) in [5.74, 6) is 1.80. The fraction of sp³-hybridized carbons (Fsp3) is 0.360. The minimum atomic E-state index is 0.0142. The first-order valence-electron chi connectivity index (χ1n) is 11.4. The van der Waals surface area contributed by atoms with Gasteiger partial charge in [-0.05, 0) is 67.3 Å². The molecule has 1 atom stereocenters. The number of ether oxygens (including phenoxy) is 2. The van der Waals surface area contributed by atoms with Crippen molar-refractivity contribution in [1.29, 1.82) is 0 Å². The third-order valence-electron chi connectivity index (χ3n) is 6.13. The topological polar surface area (TPSA) is 95.3 Å². The van der Waals surface area contributed by atoms with Crippen LogP contribution in [0.3, 0.4) is 0 Å². The molecule has 5 rings (SSSR count). The van der Waals surface area contributed by atoms with Crippen LogP contribution in [-0.2, 0) is 22.5 Å². The normalized spacial score (nSPS) is 17.3. The van der Waals surface area contributed by atoms with Crippen molar-refractivity contribution in [2.24, 2.45) is 0 Å². The van der Waals surface area contributed by atoms with E-state index in [1.807, 2.05) is 36.4 Å². The van der Waals surface area contributed by atoms with Gasteiger partial charge in [-0.15, -0.1) is 10.2 Å². The molecule has 176 valence electrons. The van der Waals surface area contributed by atoms with Crippen molar-refractivity contribution < 1.29 is 19.1 Å². The second-order valence-corrected chi connectivity index (χ2v) is 9.35. The van der Waals surface area contributed by atoms with E-state index in [0.29, 0.717) is 30.1 Å². The molecule has 2 aromatic carbocycles. The number of carbonyl (C=O) groups excluding carboxylic acids is 2. The van der Waals surface area contributed by atoms with E-state index in [0.717, 1.165) is 47.8 Å². The van der Waals surface area contributed by atoms with E-state index in [2.05, 4.69) is 20.1 Å². The molecule has 0 aliphatic carbocycles. The van der Waals surface area contributed by atoms with Gasteiger partial charge in [-0.1, -0.05) is 11.8 Å². The Morgan fingerprint density at radius 3 is 2.82 bits per heavy atom. The molecular formula is C25H26N4O4S. The smallest absolute Gasteiger partial charge is 0.224 e. The Bertz CT molecular complexity index is 1200. The predicted molar refractivity (Wildman–Crippen MR) is 129 cm³/mol. The SMILES string of the molecule is COc1ccc(-c2nnc(SCC(=O)c3ccc4c(c3)CCC(=O)N4)n2CC2CCCO2)cc1. The lowest BCUT2D eigenvalue weighted by Crippen LogP contribution is -2.19. The number of aromatic nitrogens is 3. The zero-order valence-corrected chi connectivity index (χ0v) is 19.8. The molecule has 3 heterocycles. The number of nitrogens with zero attached hydrogens (tertiary/aromatic N) is 3. The lowest BCUT2D eigenvalue weighted by atomic mass is 9.99. The van der Waals surface area contributed by atoms with E-state index >= 15 is 0 Å². The van der Waals surface area contributed by atoms with Crippen molar-refractivity contribution in [1.82, 2.24) is 14.8 Å². The molecule has 0 bridgehead atoms. The summed E-state index contributed by atoms with van der Waals surface area (Å²) < 4.78 is 13.2. The fourth-order valence-corrected chi connectivity index (χ4v) is 5.12. The van der Waals surface area contributed by atoms with Crippen molar-refractivity contribution in [2.45, 2.75) is 43.5 Å². The van der Waals surface area contributed by atoms with Crippen molar-refractivity contribution in [2.75, 3.05) is 24.8 Å². The average molecular weight is 479 g/mol. The quantitative estimate of drug-likeness (QED) is 0.386. The third kappa shape index (κ3) is 4.85. The number of methoxy groups -OCH3 is 1. The van der Waals surface area contributed by atoms with Crippen LogP contribution in [-0.4, -0.2) is 52.0 Å². The fourth-order valence-electron chi connectivity index (χ4n) is 4.28. The summed E-state index contributed by atoms with van der Waals surface area (Å²) in [6.45, 7) is 1.41. The Kier molecular flexibility index (Phi) is 6.64. The van der Waals surface area contributed by atoms with Gasteiger partial charge in [-0.25, -0.2) is 0 Å². The Morgan fingerprint density at radius 2 is 2.06 bits per heavy atom. The number of anilines is 1.